The third-order valence-corrected chi connectivity index (χ3v) is 3.65. The van der Waals surface area contributed by atoms with E-state index in [0.717, 1.165) is 18.7 Å². The molecule has 2 aromatic rings. The fourth-order valence-corrected chi connectivity index (χ4v) is 2.45. The second-order valence-corrected chi connectivity index (χ2v) is 5.49. The summed E-state index contributed by atoms with van der Waals surface area (Å²) >= 11 is 0. The first-order chi connectivity index (χ1) is 10.2. The zero-order valence-corrected chi connectivity index (χ0v) is 13.2. The molecule has 0 spiro atoms. The summed E-state index contributed by atoms with van der Waals surface area (Å²) in [6.45, 7) is 8.00. The van der Waals surface area contributed by atoms with Crippen LogP contribution in [0.15, 0.2) is 48.5 Å². The highest BCUT2D eigenvalue weighted by Crippen LogP contribution is 2.14. The Kier molecular flexibility index (Phi) is 5.82. The maximum Gasteiger partial charge on any atom is 0.119 e. The lowest BCUT2D eigenvalue weighted by molar-refractivity contribution is 0.339. The van der Waals surface area contributed by atoms with Crippen LogP contribution in [0.5, 0.6) is 5.75 Å². The molecule has 2 nitrogen and oxygen atoms in total. The highest BCUT2D eigenvalue weighted by Gasteiger charge is 2.05. The zero-order valence-electron chi connectivity index (χ0n) is 13.2. The van der Waals surface area contributed by atoms with Crippen LogP contribution in [0.2, 0.25) is 0 Å². The molecule has 2 heteroatoms. The summed E-state index contributed by atoms with van der Waals surface area (Å²) in [7, 11) is 0. The summed E-state index contributed by atoms with van der Waals surface area (Å²) in [6.07, 6.45) is 1.05. The van der Waals surface area contributed by atoms with E-state index in [4.69, 9.17) is 4.74 Å². The van der Waals surface area contributed by atoms with Crippen molar-refractivity contribution in [2.45, 2.75) is 39.8 Å². The molecule has 0 saturated carbocycles. The van der Waals surface area contributed by atoms with Crippen molar-refractivity contribution in [3.63, 3.8) is 0 Å². The van der Waals surface area contributed by atoms with Crippen LogP contribution in [0.25, 0.3) is 0 Å². The molecule has 2 aromatic carbocycles. The Hall–Kier alpha value is -1.80. The maximum absolute atomic E-state index is 5.54. The van der Waals surface area contributed by atoms with Crippen molar-refractivity contribution in [1.29, 1.82) is 0 Å². The fourth-order valence-electron chi connectivity index (χ4n) is 2.45. The van der Waals surface area contributed by atoms with E-state index in [1.807, 2.05) is 19.1 Å². The standard InChI is InChI=1S/C19H25NO/c1-4-21-19-11-7-9-17(13-19)14-20-16(3)12-18-10-6-5-8-15(18)2/h5-11,13,16,20H,4,12,14H2,1-3H3. The lowest BCUT2D eigenvalue weighted by Gasteiger charge is -2.16. The SMILES string of the molecule is CCOc1cccc(CNC(C)Cc2ccccc2C)c1. The van der Waals surface area contributed by atoms with Gasteiger partial charge in [0.15, 0.2) is 0 Å². The molecule has 0 aliphatic carbocycles. The molecule has 0 amide bonds. The van der Waals surface area contributed by atoms with Crippen LogP contribution in [0.4, 0.5) is 0 Å². The molecule has 0 radical (unpaired) electrons. The van der Waals surface area contributed by atoms with Crippen molar-refractivity contribution in [2.75, 3.05) is 6.61 Å². The number of ether oxygens (including phenoxy) is 1. The third kappa shape index (κ3) is 4.91. The second-order valence-electron chi connectivity index (χ2n) is 5.49. The van der Waals surface area contributed by atoms with Crippen LogP contribution < -0.4 is 10.1 Å². The summed E-state index contributed by atoms with van der Waals surface area (Å²) in [5.41, 5.74) is 4.04. The van der Waals surface area contributed by atoms with Crippen molar-refractivity contribution in [3.05, 3.63) is 65.2 Å². The van der Waals surface area contributed by atoms with Gasteiger partial charge in [-0.1, -0.05) is 36.4 Å². The molecule has 0 bridgehead atoms. The molecule has 0 heterocycles. The van der Waals surface area contributed by atoms with Crippen molar-refractivity contribution in [3.8, 4) is 5.75 Å². The predicted molar refractivity (Wildman–Crippen MR) is 88.8 cm³/mol. The number of hydrogen-bond donors (Lipinski definition) is 1. The molecule has 1 N–H and O–H groups in total. The van der Waals surface area contributed by atoms with Gasteiger partial charge in [-0.3, -0.25) is 0 Å². The van der Waals surface area contributed by atoms with Crippen LogP contribution >= 0.6 is 0 Å². The number of hydrogen-bond acceptors (Lipinski definition) is 2. The summed E-state index contributed by atoms with van der Waals surface area (Å²) in [6, 6.07) is 17.3. The van der Waals surface area contributed by atoms with Gasteiger partial charge in [0.1, 0.15) is 5.75 Å². The largest absolute Gasteiger partial charge is 0.494 e. The molecular weight excluding hydrogens is 258 g/mol. The van der Waals surface area contributed by atoms with E-state index in [1.165, 1.54) is 16.7 Å². The van der Waals surface area contributed by atoms with Crippen molar-refractivity contribution in [2.24, 2.45) is 0 Å². The highest BCUT2D eigenvalue weighted by atomic mass is 16.5. The molecule has 0 aliphatic rings. The van der Waals surface area contributed by atoms with E-state index in [-0.39, 0.29) is 0 Å². The molecule has 112 valence electrons. The van der Waals surface area contributed by atoms with Gasteiger partial charge in [0, 0.05) is 12.6 Å². The lowest BCUT2D eigenvalue weighted by atomic mass is 10.0. The minimum atomic E-state index is 0.446. The molecule has 21 heavy (non-hydrogen) atoms. The summed E-state index contributed by atoms with van der Waals surface area (Å²) in [5, 5.41) is 3.59. The molecule has 0 saturated heterocycles. The number of aryl methyl sites for hydroxylation is 1. The Morgan fingerprint density at radius 1 is 1.10 bits per heavy atom. The fraction of sp³-hybridized carbons (Fsp3) is 0.368. The van der Waals surface area contributed by atoms with Gasteiger partial charge in [0.25, 0.3) is 0 Å². The van der Waals surface area contributed by atoms with Crippen molar-refractivity contribution in [1.82, 2.24) is 5.32 Å². The average molecular weight is 283 g/mol. The van der Waals surface area contributed by atoms with E-state index < -0.39 is 0 Å². The predicted octanol–water partition coefficient (Wildman–Crippen LogP) is 4.11. The van der Waals surface area contributed by atoms with E-state index in [9.17, 15) is 0 Å². The van der Waals surface area contributed by atoms with E-state index >= 15 is 0 Å². The highest BCUT2D eigenvalue weighted by molar-refractivity contribution is 5.29. The average Bonchev–Trinajstić information content (AvgIpc) is 2.48. The van der Waals surface area contributed by atoms with Gasteiger partial charge < -0.3 is 10.1 Å². The zero-order chi connectivity index (χ0) is 15.1. The first kappa shape index (κ1) is 15.6. The van der Waals surface area contributed by atoms with Gasteiger partial charge >= 0.3 is 0 Å². The van der Waals surface area contributed by atoms with Crippen LogP contribution in [-0.2, 0) is 13.0 Å². The number of benzene rings is 2. The van der Waals surface area contributed by atoms with Crippen LogP contribution in [0.3, 0.4) is 0 Å². The van der Waals surface area contributed by atoms with Crippen LogP contribution in [0.1, 0.15) is 30.5 Å². The molecule has 1 atom stereocenters. The molecule has 0 fully saturated rings. The number of rotatable bonds is 7. The Labute approximate surface area is 128 Å². The summed E-state index contributed by atoms with van der Waals surface area (Å²) in [5.74, 6) is 0.948. The molecule has 2 rings (SSSR count). The molecule has 0 aliphatic heterocycles. The Morgan fingerprint density at radius 2 is 1.90 bits per heavy atom. The van der Waals surface area contributed by atoms with Gasteiger partial charge in [0.05, 0.1) is 6.61 Å². The van der Waals surface area contributed by atoms with Crippen LogP contribution in [-0.4, -0.2) is 12.6 Å². The maximum atomic E-state index is 5.54. The van der Waals surface area contributed by atoms with E-state index in [0.29, 0.717) is 12.6 Å². The first-order valence-corrected chi connectivity index (χ1v) is 7.68. The van der Waals surface area contributed by atoms with Gasteiger partial charge in [-0.2, -0.15) is 0 Å². The lowest BCUT2D eigenvalue weighted by Crippen LogP contribution is -2.27. The second kappa shape index (κ2) is 7.84. The van der Waals surface area contributed by atoms with E-state index in [1.54, 1.807) is 0 Å². The quantitative estimate of drug-likeness (QED) is 0.825. The van der Waals surface area contributed by atoms with Gasteiger partial charge in [-0.25, -0.2) is 0 Å². The van der Waals surface area contributed by atoms with Crippen molar-refractivity contribution >= 4 is 0 Å². The monoisotopic (exact) mass is 283 g/mol. The Bertz CT molecular complexity index is 565. The van der Waals surface area contributed by atoms with Crippen molar-refractivity contribution < 1.29 is 4.74 Å². The minimum Gasteiger partial charge on any atom is -0.494 e. The first-order valence-electron chi connectivity index (χ1n) is 7.68. The molecular formula is C19H25NO. The van der Waals surface area contributed by atoms with Gasteiger partial charge in [-0.05, 0) is 56.0 Å². The third-order valence-electron chi connectivity index (χ3n) is 3.65. The number of nitrogens with one attached hydrogen (secondary N) is 1. The van der Waals surface area contributed by atoms with Gasteiger partial charge in [0.2, 0.25) is 0 Å². The minimum absolute atomic E-state index is 0.446. The normalized spacial score (nSPS) is 12.1. The van der Waals surface area contributed by atoms with E-state index in [2.05, 4.69) is 55.6 Å². The Balaban J connectivity index is 1.88. The summed E-state index contributed by atoms with van der Waals surface area (Å²) in [4.78, 5) is 0. The smallest absolute Gasteiger partial charge is 0.119 e. The summed E-state index contributed by atoms with van der Waals surface area (Å²) < 4.78 is 5.54. The van der Waals surface area contributed by atoms with Gasteiger partial charge in [-0.15, -0.1) is 0 Å². The Morgan fingerprint density at radius 3 is 2.67 bits per heavy atom. The molecule has 0 aromatic heterocycles. The van der Waals surface area contributed by atoms with Crippen LogP contribution in [0, 0.1) is 6.92 Å². The molecule has 1 unspecified atom stereocenters. The topological polar surface area (TPSA) is 21.3 Å².